The molecule has 1 aliphatic rings. The van der Waals surface area contributed by atoms with Crippen molar-refractivity contribution in [2.24, 2.45) is 0 Å². The maximum Gasteiger partial charge on any atom is 0.0415 e. The average Bonchev–Trinajstić information content (AvgIpc) is 3.24. The van der Waals surface area contributed by atoms with Crippen LogP contribution in [0.2, 0.25) is 0 Å². The van der Waals surface area contributed by atoms with E-state index in [0.717, 1.165) is 0 Å². The van der Waals surface area contributed by atoms with Crippen molar-refractivity contribution in [2.45, 2.75) is 24.3 Å². The molecular formula is C17H19N. The average molecular weight is 237 g/mol. The Labute approximate surface area is 109 Å². The summed E-state index contributed by atoms with van der Waals surface area (Å²) in [5.74, 6) is 0. The molecule has 1 atom stereocenters. The van der Waals surface area contributed by atoms with Gasteiger partial charge in [-0.25, -0.2) is 0 Å². The molecule has 0 heterocycles. The summed E-state index contributed by atoms with van der Waals surface area (Å²) in [5, 5.41) is 3.52. The molecular weight excluding hydrogens is 218 g/mol. The number of nitrogens with one attached hydrogen (secondary N) is 1. The van der Waals surface area contributed by atoms with Gasteiger partial charge in [-0.2, -0.15) is 0 Å². The van der Waals surface area contributed by atoms with Crippen molar-refractivity contribution < 1.29 is 0 Å². The van der Waals surface area contributed by atoms with Crippen LogP contribution in [-0.4, -0.2) is 7.05 Å². The summed E-state index contributed by atoms with van der Waals surface area (Å²) in [6, 6.07) is 22.1. The summed E-state index contributed by atoms with van der Waals surface area (Å²) in [5.41, 5.74) is 3.16. The molecule has 92 valence electrons. The van der Waals surface area contributed by atoms with Crippen molar-refractivity contribution in [1.82, 2.24) is 5.32 Å². The Morgan fingerprint density at radius 3 is 1.94 bits per heavy atom. The van der Waals surface area contributed by atoms with Crippen LogP contribution < -0.4 is 5.32 Å². The van der Waals surface area contributed by atoms with Crippen molar-refractivity contribution in [3.63, 3.8) is 0 Å². The van der Waals surface area contributed by atoms with Crippen LogP contribution in [0.1, 0.15) is 30.0 Å². The Morgan fingerprint density at radius 1 is 0.889 bits per heavy atom. The summed E-state index contributed by atoms with van der Waals surface area (Å²) < 4.78 is 0. The molecule has 0 radical (unpaired) electrons. The molecule has 3 rings (SSSR count). The van der Waals surface area contributed by atoms with Gasteiger partial charge in [-0.3, -0.25) is 0 Å². The van der Waals surface area contributed by atoms with Gasteiger partial charge in [0.25, 0.3) is 0 Å². The van der Waals surface area contributed by atoms with Gasteiger partial charge < -0.3 is 5.32 Å². The molecule has 2 aromatic rings. The Morgan fingerprint density at radius 2 is 1.44 bits per heavy atom. The Bertz CT molecular complexity index is 500. The lowest BCUT2D eigenvalue weighted by Crippen LogP contribution is -2.29. The molecule has 1 N–H and O–H groups in total. The molecule has 1 unspecified atom stereocenters. The number of likely N-dealkylation sites (N-methyl/N-ethyl adjacent to an activating group) is 1. The quantitative estimate of drug-likeness (QED) is 0.855. The van der Waals surface area contributed by atoms with Gasteiger partial charge in [0.2, 0.25) is 0 Å². The van der Waals surface area contributed by atoms with Crippen molar-refractivity contribution in [2.75, 3.05) is 7.05 Å². The molecule has 1 aliphatic carbocycles. The Balaban J connectivity index is 1.98. The first-order chi connectivity index (χ1) is 8.87. The molecule has 18 heavy (non-hydrogen) atoms. The van der Waals surface area contributed by atoms with Crippen molar-refractivity contribution in [1.29, 1.82) is 0 Å². The van der Waals surface area contributed by atoms with Crippen LogP contribution >= 0.6 is 0 Å². The third-order valence-corrected chi connectivity index (χ3v) is 4.11. The monoisotopic (exact) mass is 237 g/mol. The SMILES string of the molecule is CNC(c1ccccc1)C1(c2ccccc2)CC1. The zero-order valence-corrected chi connectivity index (χ0v) is 10.8. The minimum atomic E-state index is 0.303. The molecule has 1 saturated carbocycles. The molecule has 1 nitrogen and oxygen atoms in total. The topological polar surface area (TPSA) is 12.0 Å². The lowest BCUT2D eigenvalue weighted by molar-refractivity contribution is 0.463. The largest absolute Gasteiger partial charge is 0.312 e. The van der Waals surface area contributed by atoms with Gasteiger partial charge in [-0.05, 0) is 31.0 Å². The highest BCUT2D eigenvalue weighted by Gasteiger charge is 2.50. The van der Waals surface area contributed by atoms with E-state index in [2.05, 4.69) is 73.0 Å². The van der Waals surface area contributed by atoms with E-state index in [1.807, 2.05) is 0 Å². The minimum absolute atomic E-state index is 0.303. The van der Waals surface area contributed by atoms with Crippen LogP contribution in [0.5, 0.6) is 0 Å². The first-order valence-corrected chi connectivity index (χ1v) is 6.64. The fourth-order valence-corrected chi connectivity index (χ4v) is 3.06. The molecule has 2 aromatic carbocycles. The first-order valence-electron chi connectivity index (χ1n) is 6.64. The Kier molecular flexibility index (Phi) is 2.92. The molecule has 0 bridgehead atoms. The van der Waals surface area contributed by atoms with E-state index in [1.165, 1.54) is 24.0 Å². The van der Waals surface area contributed by atoms with Crippen LogP contribution in [-0.2, 0) is 5.41 Å². The number of hydrogen-bond acceptors (Lipinski definition) is 1. The van der Waals surface area contributed by atoms with Crippen LogP contribution in [0, 0.1) is 0 Å². The maximum atomic E-state index is 3.52. The molecule has 0 amide bonds. The van der Waals surface area contributed by atoms with E-state index in [4.69, 9.17) is 0 Å². The first kappa shape index (κ1) is 11.5. The summed E-state index contributed by atoms with van der Waals surface area (Å²) in [4.78, 5) is 0. The van der Waals surface area contributed by atoms with Crippen LogP contribution in [0.4, 0.5) is 0 Å². The molecule has 0 spiro atoms. The van der Waals surface area contributed by atoms with Crippen molar-refractivity contribution in [3.8, 4) is 0 Å². The van der Waals surface area contributed by atoms with Crippen LogP contribution in [0.25, 0.3) is 0 Å². The lowest BCUT2D eigenvalue weighted by atomic mass is 9.84. The fraction of sp³-hybridized carbons (Fsp3) is 0.294. The van der Waals surface area contributed by atoms with Gasteiger partial charge in [0, 0.05) is 11.5 Å². The fourth-order valence-electron chi connectivity index (χ4n) is 3.06. The standard InChI is InChI=1S/C17H19N/c1-18-16(14-8-4-2-5-9-14)17(12-13-17)15-10-6-3-7-11-15/h2-11,16,18H,12-13H2,1H3. The molecule has 1 heteroatoms. The smallest absolute Gasteiger partial charge is 0.0415 e. The third kappa shape index (κ3) is 1.85. The lowest BCUT2D eigenvalue weighted by Gasteiger charge is -2.27. The van der Waals surface area contributed by atoms with Crippen LogP contribution in [0.15, 0.2) is 60.7 Å². The summed E-state index contributed by atoms with van der Waals surface area (Å²) in [6.45, 7) is 0. The van der Waals surface area contributed by atoms with Crippen molar-refractivity contribution in [3.05, 3.63) is 71.8 Å². The van der Waals surface area contributed by atoms with E-state index in [9.17, 15) is 0 Å². The second-order valence-electron chi connectivity index (χ2n) is 5.15. The zero-order chi connectivity index (χ0) is 12.4. The molecule has 0 saturated heterocycles. The molecule has 1 fully saturated rings. The van der Waals surface area contributed by atoms with Gasteiger partial charge in [0.1, 0.15) is 0 Å². The highest BCUT2D eigenvalue weighted by atomic mass is 14.9. The number of hydrogen-bond donors (Lipinski definition) is 1. The van der Waals surface area contributed by atoms with Crippen LogP contribution in [0.3, 0.4) is 0 Å². The summed E-state index contributed by atoms with van der Waals surface area (Å²) in [6.07, 6.45) is 2.55. The highest BCUT2D eigenvalue weighted by Crippen LogP contribution is 2.56. The number of rotatable bonds is 4. The predicted octanol–water partition coefficient (Wildman–Crippen LogP) is 3.68. The van der Waals surface area contributed by atoms with Crippen molar-refractivity contribution >= 4 is 0 Å². The second kappa shape index (κ2) is 4.58. The highest BCUT2D eigenvalue weighted by molar-refractivity contribution is 5.38. The van der Waals surface area contributed by atoms with Gasteiger partial charge in [0.05, 0.1) is 0 Å². The van der Waals surface area contributed by atoms with E-state index in [1.54, 1.807) is 0 Å². The van der Waals surface area contributed by atoms with Gasteiger partial charge in [-0.1, -0.05) is 60.7 Å². The van der Waals surface area contributed by atoms with Gasteiger partial charge in [0.15, 0.2) is 0 Å². The van der Waals surface area contributed by atoms with Gasteiger partial charge >= 0.3 is 0 Å². The minimum Gasteiger partial charge on any atom is -0.312 e. The van der Waals surface area contributed by atoms with E-state index >= 15 is 0 Å². The third-order valence-electron chi connectivity index (χ3n) is 4.11. The second-order valence-corrected chi connectivity index (χ2v) is 5.15. The maximum absolute atomic E-state index is 3.52. The van der Waals surface area contributed by atoms with E-state index in [-0.39, 0.29) is 0 Å². The summed E-state index contributed by atoms with van der Waals surface area (Å²) in [7, 11) is 2.07. The van der Waals surface area contributed by atoms with E-state index < -0.39 is 0 Å². The number of benzene rings is 2. The summed E-state index contributed by atoms with van der Waals surface area (Å²) >= 11 is 0. The van der Waals surface area contributed by atoms with Gasteiger partial charge in [-0.15, -0.1) is 0 Å². The Hall–Kier alpha value is -1.60. The zero-order valence-electron chi connectivity index (χ0n) is 10.8. The predicted molar refractivity (Wildman–Crippen MR) is 75.6 cm³/mol. The molecule has 0 aliphatic heterocycles. The van der Waals surface area contributed by atoms with E-state index in [0.29, 0.717) is 11.5 Å². The molecule has 0 aromatic heterocycles. The normalized spacial score (nSPS) is 18.3.